The van der Waals surface area contributed by atoms with Gasteiger partial charge in [0.2, 0.25) is 5.91 Å². The van der Waals surface area contributed by atoms with E-state index in [0.717, 1.165) is 24.4 Å². The number of thioether (sulfide) groups is 1. The average Bonchev–Trinajstić information content (AvgIpc) is 2.56. The first-order chi connectivity index (χ1) is 11.3. The van der Waals surface area contributed by atoms with E-state index in [-0.39, 0.29) is 10.9 Å². The summed E-state index contributed by atoms with van der Waals surface area (Å²) in [6, 6.07) is 9.24. The first-order valence-corrected chi connectivity index (χ1v) is 8.23. The maximum atomic E-state index is 12.3. The van der Waals surface area contributed by atoms with Gasteiger partial charge < -0.3 is 20.3 Å². The molecule has 0 aliphatic carbocycles. The molecule has 3 N–H and O–H groups in total. The molecule has 1 rings (SSSR count). The number of carbonyl (C=O) groups excluding carboxylic acids is 3. The number of ether oxygens (including phenoxy) is 1. The molecule has 0 heterocycles. The van der Waals surface area contributed by atoms with Crippen LogP contribution in [0.25, 0.3) is 0 Å². The number of nitrogens with one attached hydrogen (secondary N) is 1. The highest BCUT2D eigenvalue weighted by atomic mass is 32.2. The van der Waals surface area contributed by atoms with Crippen molar-refractivity contribution < 1.29 is 29.3 Å². The number of methoxy groups -OCH3 is 1. The van der Waals surface area contributed by atoms with Crippen LogP contribution in [0, 0.1) is 5.92 Å². The second-order valence-corrected chi connectivity index (χ2v) is 6.41. The Bertz CT molecular complexity index is 575. The maximum Gasteiger partial charge on any atom is 0.368 e. The summed E-state index contributed by atoms with van der Waals surface area (Å²) in [7, 11) is 1.01. The van der Waals surface area contributed by atoms with Crippen molar-refractivity contribution in [3.63, 3.8) is 0 Å². The number of esters is 1. The highest BCUT2D eigenvalue weighted by Crippen LogP contribution is 2.16. The van der Waals surface area contributed by atoms with Gasteiger partial charge in [0.15, 0.2) is 5.12 Å². The SMILES string of the molecule is COC(=O)C(O)(O)CNC(=O)[C@@H](CSC(C)=O)Cc1ccccc1. The van der Waals surface area contributed by atoms with E-state index >= 15 is 0 Å². The molecule has 0 bridgehead atoms. The molecule has 0 spiro atoms. The molecule has 7 nitrogen and oxygen atoms in total. The summed E-state index contributed by atoms with van der Waals surface area (Å²) in [5, 5.41) is 21.3. The van der Waals surface area contributed by atoms with Crippen LogP contribution in [-0.4, -0.2) is 52.4 Å². The number of aliphatic hydroxyl groups is 2. The number of hydrogen-bond acceptors (Lipinski definition) is 7. The molecule has 0 aliphatic heterocycles. The largest absolute Gasteiger partial charge is 0.465 e. The molecule has 1 aromatic rings. The van der Waals surface area contributed by atoms with Gasteiger partial charge in [-0.25, -0.2) is 4.79 Å². The quantitative estimate of drug-likeness (QED) is 0.447. The van der Waals surface area contributed by atoms with Crippen molar-refractivity contribution in [2.45, 2.75) is 19.1 Å². The fourth-order valence-electron chi connectivity index (χ4n) is 1.93. The van der Waals surface area contributed by atoms with Crippen LogP contribution in [0.5, 0.6) is 0 Å². The molecule has 0 radical (unpaired) electrons. The van der Waals surface area contributed by atoms with Crippen LogP contribution in [0.4, 0.5) is 0 Å². The van der Waals surface area contributed by atoms with Crippen LogP contribution in [0.15, 0.2) is 30.3 Å². The summed E-state index contributed by atoms with van der Waals surface area (Å²) in [5.74, 6) is -4.85. The Labute approximate surface area is 144 Å². The monoisotopic (exact) mass is 355 g/mol. The molecule has 24 heavy (non-hydrogen) atoms. The van der Waals surface area contributed by atoms with Crippen LogP contribution >= 0.6 is 11.8 Å². The zero-order valence-corrected chi connectivity index (χ0v) is 14.3. The second-order valence-electron chi connectivity index (χ2n) is 5.22. The Balaban J connectivity index is 2.72. The van der Waals surface area contributed by atoms with E-state index < -0.39 is 30.1 Å². The fraction of sp³-hybridized carbons (Fsp3) is 0.438. The Hall–Kier alpha value is -1.90. The lowest BCUT2D eigenvalue weighted by molar-refractivity contribution is -0.205. The summed E-state index contributed by atoms with van der Waals surface area (Å²) < 4.78 is 4.24. The molecule has 1 aromatic carbocycles. The van der Waals surface area contributed by atoms with Crippen molar-refractivity contribution in [3.05, 3.63) is 35.9 Å². The number of carbonyl (C=O) groups is 3. The summed E-state index contributed by atoms with van der Waals surface area (Å²) in [4.78, 5) is 34.7. The predicted octanol–water partition coefficient (Wildman–Crippen LogP) is 0.0951. The van der Waals surface area contributed by atoms with E-state index in [1.54, 1.807) is 0 Å². The number of amides is 1. The number of benzene rings is 1. The predicted molar refractivity (Wildman–Crippen MR) is 89.0 cm³/mol. The van der Waals surface area contributed by atoms with Crippen molar-refractivity contribution in [3.8, 4) is 0 Å². The zero-order valence-electron chi connectivity index (χ0n) is 13.5. The number of hydrogen-bond donors (Lipinski definition) is 3. The van der Waals surface area contributed by atoms with E-state index in [1.807, 2.05) is 30.3 Å². The lowest BCUT2D eigenvalue weighted by Gasteiger charge is -2.21. The molecule has 0 aliphatic rings. The maximum absolute atomic E-state index is 12.3. The lowest BCUT2D eigenvalue weighted by atomic mass is 10.00. The Kier molecular flexibility index (Phi) is 7.90. The lowest BCUT2D eigenvalue weighted by Crippen LogP contribution is -2.51. The minimum atomic E-state index is -2.80. The molecular weight excluding hydrogens is 334 g/mol. The van der Waals surface area contributed by atoms with E-state index in [4.69, 9.17) is 0 Å². The molecule has 0 fully saturated rings. The van der Waals surface area contributed by atoms with Crippen molar-refractivity contribution in [1.82, 2.24) is 5.32 Å². The van der Waals surface area contributed by atoms with Crippen LogP contribution in [0.3, 0.4) is 0 Å². The second kappa shape index (κ2) is 9.41. The summed E-state index contributed by atoms with van der Waals surface area (Å²) >= 11 is 1.01. The smallest absolute Gasteiger partial charge is 0.368 e. The highest BCUT2D eigenvalue weighted by Gasteiger charge is 2.35. The van der Waals surface area contributed by atoms with Gasteiger partial charge in [-0.2, -0.15) is 0 Å². The van der Waals surface area contributed by atoms with Crippen LogP contribution in [0.2, 0.25) is 0 Å². The first-order valence-electron chi connectivity index (χ1n) is 7.24. The normalized spacial score (nSPS) is 12.3. The molecular formula is C16H21NO6S. The molecule has 0 aromatic heterocycles. The van der Waals surface area contributed by atoms with Gasteiger partial charge in [0.05, 0.1) is 19.6 Å². The molecule has 8 heteroatoms. The standard InChI is InChI=1S/C16H21NO6S/c1-11(18)24-9-13(8-12-6-4-3-5-7-12)14(19)17-10-16(21,22)15(20)23-2/h3-7,13,21-22H,8-10H2,1-2H3,(H,17,19)/t13-/m1/s1. The molecule has 0 saturated carbocycles. The van der Waals surface area contributed by atoms with Crippen molar-refractivity contribution in [2.24, 2.45) is 5.92 Å². The summed E-state index contributed by atoms with van der Waals surface area (Å²) in [5.41, 5.74) is 0.911. The van der Waals surface area contributed by atoms with Gasteiger partial charge in [-0.05, 0) is 12.0 Å². The Morgan fingerprint density at radius 2 is 1.88 bits per heavy atom. The molecule has 132 valence electrons. The third-order valence-corrected chi connectivity index (χ3v) is 4.18. The van der Waals surface area contributed by atoms with Gasteiger partial charge in [-0.3, -0.25) is 9.59 Å². The van der Waals surface area contributed by atoms with Gasteiger partial charge in [-0.15, -0.1) is 0 Å². The highest BCUT2D eigenvalue weighted by molar-refractivity contribution is 8.13. The van der Waals surface area contributed by atoms with Crippen LogP contribution in [0.1, 0.15) is 12.5 Å². The third kappa shape index (κ3) is 6.69. The van der Waals surface area contributed by atoms with E-state index in [0.29, 0.717) is 6.42 Å². The third-order valence-electron chi connectivity index (χ3n) is 3.20. The molecule has 0 unspecified atom stereocenters. The van der Waals surface area contributed by atoms with Gasteiger partial charge in [0.25, 0.3) is 5.79 Å². The minimum Gasteiger partial charge on any atom is -0.465 e. The van der Waals surface area contributed by atoms with E-state index in [2.05, 4.69) is 10.1 Å². The Morgan fingerprint density at radius 3 is 2.42 bits per heavy atom. The van der Waals surface area contributed by atoms with E-state index in [1.165, 1.54) is 6.92 Å². The van der Waals surface area contributed by atoms with Gasteiger partial charge in [0.1, 0.15) is 0 Å². The number of rotatable bonds is 8. The van der Waals surface area contributed by atoms with E-state index in [9.17, 15) is 24.6 Å². The molecule has 1 amide bonds. The van der Waals surface area contributed by atoms with Gasteiger partial charge in [0, 0.05) is 12.7 Å². The first kappa shape index (κ1) is 20.1. The summed E-state index contributed by atoms with van der Waals surface area (Å²) in [6.45, 7) is 0.709. The Morgan fingerprint density at radius 1 is 1.25 bits per heavy atom. The van der Waals surface area contributed by atoms with Crippen LogP contribution in [-0.2, 0) is 25.5 Å². The van der Waals surface area contributed by atoms with Gasteiger partial charge >= 0.3 is 5.97 Å². The van der Waals surface area contributed by atoms with Crippen molar-refractivity contribution >= 4 is 28.8 Å². The molecule has 1 atom stereocenters. The fourth-order valence-corrected chi connectivity index (χ4v) is 2.64. The van der Waals surface area contributed by atoms with Gasteiger partial charge in [-0.1, -0.05) is 42.1 Å². The van der Waals surface area contributed by atoms with Crippen LogP contribution < -0.4 is 5.32 Å². The van der Waals surface area contributed by atoms with Crippen molar-refractivity contribution in [1.29, 1.82) is 0 Å². The average molecular weight is 355 g/mol. The minimum absolute atomic E-state index is 0.117. The summed E-state index contributed by atoms with van der Waals surface area (Å²) in [6.07, 6.45) is 0.384. The molecule has 0 saturated heterocycles. The zero-order chi connectivity index (χ0) is 18.2. The van der Waals surface area contributed by atoms with Crippen molar-refractivity contribution in [2.75, 3.05) is 19.4 Å². The topological polar surface area (TPSA) is 113 Å².